The number of amides is 1. The van der Waals surface area contributed by atoms with Crippen molar-refractivity contribution in [3.05, 3.63) is 13.8 Å². The average Bonchev–Trinajstić information content (AvgIpc) is 2.80. The molecule has 0 N–H and O–H groups in total. The van der Waals surface area contributed by atoms with Crippen molar-refractivity contribution in [2.24, 2.45) is 5.92 Å². The monoisotopic (exact) mass is 313 g/mol. The molecule has 2 fully saturated rings. The van der Waals surface area contributed by atoms with Crippen molar-refractivity contribution in [1.29, 1.82) is 0 Å². The second kappa shape index (κ2) is 13.0. The van der Waals surface area contributed by atoms with Gasteiger partial charge in [0.2, 0.25) is 0 Å². The van der Waals surface area contributed by atoms with Crippen LogP contribution in [0.25, 0.3) is 0 Å². The predicted octanol–water partition coefficient (Wildman–Crippen LogP) is 3.39. The third kappa shape index (κ3) is 9.19. The molecule has 2 aliphatic rings. The Labute approximate surface area is 133 Å². The summed E-state index contributed by atoms with van der Waals surface area (Å²) in [7, 11) is 0. The van der Waals surface area contributed by atoms with Crippen LogP contribution in [0.15, 0.2) is 0 Å². The minimum absolute atomic E-state index is 0. The maximum Gasteiger partial charge on any atom is 3.00 e. The Balaban J connectivity index is 0. The SMILES string of the molecule is CCC1CCN([C-]=O)C1.[CH-]1CCCCC1.[CH3-].[Y+3]. The smallest absolute Gasteiger partial charge is 0.520 e. The van der Waals surface area contributed by atoms with E-state index in [1.807, 2.05) is 6.41 Å². The first kappa shape index (κ1) is 19.9. The quantitative estimate of drug-likeness (QED) is 0.716. The van der Waals surface area contributed by atoms with Crippen molar-refractivity contribution >= 4 is 6.41 Å². The number of rotatable bonds is 2. The number of likely N-dealkylation sites (tertiary alicyclic amines) is 1. The Morgan fingerprint density at radius 2 is 1.94 bits per heavy atom. The summed E-state index contributed by atoms with van der Waals surface area (Å²) in [6.45, 7) is 4.01. The van der Waals surface area contributed by atoms with E-state index in [0.29, 0.717) is 0 Å². The molecule has 1 atom stereocenters. The molecule has 0 aromatic heterocycles. The van der Waals surface area contributed by atoms with Gasteiger partial charge in [-0.05, 0) is 25.4 Å². The van der Waals surface area contributed by atoms with Crippen LogP contribution in [0.4, 0.5) is 0 Å². The van der Waals surface area contributed by atoms with Gasteiger partial charge >= 0.3 is 32.7 Å². The number of carbonyl (C=O) groups excluding carboxylic acids is 1. The molecule has 1 aliphatic heterocycles. The molecule has 1 heterocycles. The van der Waals surface area contributed by atoms with E-state index >= 15 is 0 Å². The van der Waals surface area contributed by atoms with Gasteiger partial charge in [0.15, 0.2) is 0 Å². The van der Waals surface area contributed by atoms with Crippen LogP contribution >= 0.6 is 0 Å². The van der Waals surface area contributed by atoms with Crippen LogP contribution in [0.3, 0.4) is 0 Å². The summed E-state index contributed by atoms with van der Waals surface area (Å²) in [5.41, 5.74) is 0. The van der Waals surface area contributed by atoms with Crippen molar-refractivity contribution in [2.45, 2.75) is 51.9 Å². The standard InChI is InChI=1S/C7H12NO.C6H11.CH3.Y/c1-2-7-3-4-8(5-7)6-9;1-2-4-6-5-3-1;;/h7H,2-5H2,1H3;1H,2-6H2;1H3;/q3*-1;+3. The van der Waals surface area contributed by atoms with E-state index in [4.69, 9.17) is 0 Å². The summed E-state index contributed by atoms with van der Waals surface area (Å²) in [6, 6.07) is 0. The van der Waals surface area contributed by atoms with Gasteiger partial charge in [0.05, 0.1) is 0 Å². The minimum Gasteiger partial charge on any atom is -0.520 e. The summed E-state index contributed by atoms with van der Waals surface area (Å²) in [5, 5.41) is 0. The van der Waals surface area contributed by atoms with Crippen LogP contribution in [0.5, 0.6) is 0 Å². The zero-order valence-corrected chi connectivity index (χ0v) is 14.3. The first-order chi connectivity index (χ1) is 7.36. The molecule has 0 aromatic rings. The Hall–Kier alpha value is 0.574. The van der Waals surface area contributed by atoms with Crippen LogP contribution in [-0.4, -0.2) is 24.4 Å². The van der Waals surface area contributed by atoms with Crippen LogP contribution < -0.4 is 0 Å². The van der Waals surface area contributed by atoms with Crippen LogP contribution in [0.2, 0.25) is 0 Å². The zero-order chi connectivity index (χ0) is 10.9. The Bertz CT molecular complexity index is 160. The van der Waals surface area contributed by atoms with E-state index in [-0.39, 0.29) is 40.1 Å². The molecule has 1 amide bonds. The fourth-order valence-electron chi connectivity index (χ4n) is 2.15. The number of nitrogens with zero attached hydrogens (tertiary/aromatic N) is 1. The zero-order valence-electron chi connectivity index (χ0n) is 11.5. The average molecular weight is 313 g/mol. The van der Waals surface area contributed by atoms with Gasteiger partial charge in [0.25, 0.3) is 0 Å². The van der Waals surface area contributed by atoms with Crippen molar-refractivity contribution in [1.82, 2.24) is 4.90 Å². The van der Waals surface area contributed by atoms with Crippen LogP contribution in [-0.2, 0) is 37.5 Å². The summed E-state index contributed by atoms with van der Waals surface area (Å²) < 4.78 is 0. The normalized spacial score (nSPS) is 22.6. The van der Waals surface area contributed by atoms with Gasteiger partial charge in [-0.2, -0.15) is 19.3 Å². The van der Waals surface area contributed by atoms with Gasteiger partial charge in [0, 0.05) is 0 Å². The van der Waals surface area contributed by atoms with Gasteiger partial charge < -0.3 is 23.5 Å². The molecule has 1 saturated carbocycles. The molecule has 2 nitrogen and oxygen atoms in total. The Morgan fingerprint density at radius 3 is 2.18 bits per heavy atom. The molecule has 0 radical (unpaired) electrons. The Kier molecular flexibility index (Phi) is 15.2. The molecule has 96 valence electrons. The first-order valence-electron chi connectivity index (χ1n) is 6.31. The largest absolute Gasteiger partial charge is 3.00 e. The second-order valence-corrected chi connectivity index (χ2v) is 4.53. The summed E-state index contributed by atoms with van der Waals surface area (Å²) in [6.07, 6.45) is 13.8. The predicted molar refractivity (Wildman–Crippen MR) is 69.5 cm³/mol. The topological polar surface area (TPSA) is 20.3 Å². The third-order valence-corrected chi connectivity index (χ3v) is 3.31. The molecule has 3 heteroatoms. The number of hydrogen-bond acceptors (Lipinski definition) is 1. The molecule has 0 aromatic carbocycles. The van der Waals surface area contributed by atoms with Gasteiger partial charge in [0.1, 0.15) is 0 Å². The minimum atomic E-state index is 0. The fourth-order valence-corrected chi connectivity index (χ4v) is 2.15. The molecular formula is C14H26NOY. The molecule has 1 saturated heterocycles. The molecule has 17 heavy (non-hydrogen) atoms. The molecule has 2 rings (SSSR count). The van der Waals surface area contributed by atoms with E-state index in [2.05, 4.69) is 13.3 Å². The van der Waals surface area contributed by atoms with Crippen molar-refractivity contribution in [2.75, 3.05) is 13.1 Å². The van der Waals surface area contributed by atoms with Gasteiger partial charge in [-0.25, -0.2) is 0 Å². The molecule has 0 spiro atoms. The summed E-state index contributed by atoms with van der Waals surface area (Å²) >= 11 is 0. The maximum atomic E-state index is 10.1. The molecule has 1 unspecified atom stereocenters. The van der Waals surface area contributed by atoms with E-state index in [9.17, 15) is 4.79 Å². The number of hydrogen-bond donors (Lipinski definition) is 0. The van der Waals surface area contributed by atoms with Crippen LogP contribution in [0, 0.1) is 19.8 Å². The molecule has 0 bridgehead atoms. The summed E-state index contributed by atoms with van der Waals surface area (Å²) in [4.78, 5) is 11.8. The van der Waals surface area contributed by atoms with E-state index in [0.717, 1.165) is 19.0 Å². The van der Waals surface area contributed by atoms with Crippen molar-refractivity contribution in [3.8, 4) is 0 Å². The first-order valence-corrected chi connectivity index (χ1v) is 6.31. The van der Waals surface area contributed by atoms with Crippen molar-refractivity contribution in [3.63, 3.8) is 0 Å². The summed E-state index contributed by atoms with van der Waals surface area (Å²) in [5.74, 6) is 0.742. The Morgan fingerprint density at radius 1 is 1.29 bits per heavy atom. The molecular weight excluding hydrogens is 287 g/mol. The molecule has 1 aliphatic carbocycles. The van der Waals surface area contributed by atoms with Gasteiger partial charge in [-0.15, -0.1) is 0 Å². The van der Waals surface area contributed by atoms with Crippen molar-refractivity contribution < 1.29 is 37.5 Å². The van der Waals surface area contributed by atoms with Gasteiger partial charge in [-0.1, -0.05) is 32.6 Å². The third-order valence-electron chi connectivity index (χ3n) is 3.31. The van der Waals surface area contributed by atoms with Gasteiger partial charge in [-0.3, -0.25) is 0 Å². The van der Waals surface area contributed by atoms with Crippen LogP contribution in [0.1, 0.15) is 51.9 Å². The second-order valence-electron chi connectivity index (χ2n) is 4.53. The maximum absolute atomic E-state index is 10.1. The van der Waals surface area contributed by atoms with E-state index in [1.54, 1.807) is 4.90 Å². The fraction of sp³-hybridized carbons (Fsp3) is 0.786. The van der Waals surface area contributed by atoms with E-state index < -0.39 is 0 Å². The van der Waals surface area contributed by atoms with E-state index in [1.165, 1.54) is 44.9 Å².